The molecule has 43 heavy (non-hydrogen) atoms. The molecule has 4 aliphatic rings. The molecule has 0 saturated carbocycles. The van der Waals surface area contributed by atoms with Crippen molar-refractivity contribution in [2.24, 2.45) is 5.73 Å². The minimum absolute atomic E-state index is 0.309. The van der Waals surface area contributed by atoms with Gasteiger partial charge in [0.15, 0.2) is 0 Å². The summed E-state index contributed by atoms with van der Waals surface area (Å²) in [5.74, 6) is -3.99. The summed E-state index contributed by atoms with van der Waals surface area (Å²) in [5, 5.41) is 23.5. The predicted molar refractivity (Wildman–Crippen MR) is 148 cm³/mol. The molecule has 4 fully saturated rings. The predicted octanol–water partition coefficient (Wildman–Crippen LogP) is -3.41. The van der Waals surface area contributed by atoms with Crippen LogP contribution in [0.25, 0.3) is 0 Å². The van der Waals surface area contributed by atoms with Gasteiger partial charge < -0.3 is 46.2 Å². The minimum atomic E-state index is -1.13. The summed E-state index contributed by atoms with van der Waals surface area (Å²) >= 11 is 0. The highest BCUT2D eigenvalue weighted by Gasteiger charge is 2.45. The van der Waals surface area contributed by atoms with Gasteiger partial charge in [0.1, 0.15) is 30.2 Å². The highest BCUT2D eigenvalue weighted by molar-refractivity contribution is 5.96. The number of likely N-dealkylation sites (tertiary alicyclic amines) is 4. The molecule has 0 aromatic heterocycles. The largest absolute Gasteiger partial charge is 0.480 e. The fourth-order valence-electron chi connectivity index (χ4n) is 6.50. The van der Waals surface area contributed by atoms with Crippen molar-refractivity contribution in [1.82, 2.24) is 30.2 Å². The van der Waals surface area contributed by atoms with E-state index in [1.54, 1.807) is 0 Å². The molecule has 238 valence electrons. The number of nitrogens with one attached hydrogen (secondary N) is 2. The molecule has 0 aliphatic carbocycles. The fourth-order valence-corrected chi connectivity index (χ4v) is 6.50. The van der Waals surface area contributed by atoms with Gasteiger partial charge in [0, 0.05) is 26.2 Å². The molecule has 0 spiro atoms. The Morgan fingerprint density at radius 3 is 1.74 bits per heavy atom. The summed E-state index contributed by atoms with van der Waals surface area (Å²) in [4.78, 5) is 94.2. The topological polar surface area (TPSA) is 223 Å². The molecule has 16 nitrogen and oxygen atoms in total. The third-order valence-electron chi connectivity index (χ3n) is 8.71. The lowest BCUT2D eigenvalue weighted by Gasteiger charge is -2.33. The number of aliphatic carboxylic acids is 1. The molecule has 0 radical (unpaired) electrons. The quantitative estimate of drug-likeness (QED) is 0.165. The molecule has 4 heterocycles. The first kappa shape index (κ1) is 32.1. The van der Waals surface area contributed by atoms with Gasteiger partial charge in [0.2, 0.25) is 35.4 Å². The van der Waals surface area contributed by atoms with Gasteiger partial charge in [-0.2, -0.15) is 0 Å². The van der Waals surface area contributed by atoms with Crippen LogP contribution < -0.4 is 16.4 Å². The van der Waals surface area contributed by atoms with Crippen molar-refractivity contribution in [2.45, 2.75) is 81.6 Å². The summed E-state index contributed by atoms with van der Waals surface area (Å²) in [6, 6.07) is -4.39. The number of hydrogen-bond donors (Lipinski definition) is 5. The Kier molecular flexibility index (Phi) is 10.6. The van der Waals surface area contributed by atoms with Gasteiger partial charge in [0.05, 0.1) is 19.7 Å². The van der Waals surface area contributed by atoms with E-state index in [4.69, 9.17) is 10.8 Å². The number of nitrogens with zero attached hydrogens (tertiary/aromatic N) is 4. The van der Waals surface area contributed by atoms with Crippen molar-refractivity contribution in [3.05, 3.63) is 0 Å². The van der Waals surface area contributed by atoms with Crippen molar-refractivity contribution < 1.29 is 43.8 Å². The van der Waals surface area contributed by atoms with Crippen molar-refractivity contribution in [3.63, 3.8) is 0 Å². The molecule has 6 N–H and O–H groups in total. The number of rotatable bonds is 10. The Morgan fingerprint density at radius 2 is 1.16 bits per heavy atom. The van der Waals surface area contributed by atoms with Crippen LogP contribution in [0.2, 0.25) is 0 Å². The molecule has 4 rings (SSSR count). The van der Waals surface area contributed by atoms with Crippen LogP contribution in [0.5, 0.6) is 0 Å². The number of aliphatic hydroxyl groups excluding tert-OH is 1. The zero-order chi connectivity index (χ0) is 31.3. The average molecular weight is 608 g/mol. The Hall–Kier alpha value is -3.79. The molecule has 0 aromatic carbocycles. The number of aliphatic hydroxyl groups is 1. The van der Waals surface area contributed by atoms with Crippen LogP contribution >= 0.6 is 0 Å². The maximum absolute atomic E-state index is 13.5. The Morgan fingerprint density at radius 1 is 0.674 bits per heavy atom. The molecule has 6 amide bonds. The van der Waals surface area contributed by atoms with E-state index in [1.165, 1.54) is 19.6 Å². The molecular formula is C27H41N7O9. The van der Waals surface area contributed by atoms with Crippen LogP contribution in [0.1, 0.15) is 51.4 Å². The third kappa shape index (κ3) is 7.06. The van der Waals surface area contributed by atoms with Crippen LogP contribution in [-0.2, 0) is 33.6 Å². The molecule has 16 heteroatoms. The van der Waals surface area contributed by atoms with Gasteiger partial charge in [-0.05, 0) is 51.4 Å². The smallest absolute Gasteiger partial charge is 0.326 e. The number of carbonyl (C=O) groups excluding carboxylic acids is 6. The van der Waals surface area contributed by atoms with Crippen molar-refractivity contribution in [1.29, 1.82) is 0 Å². The lowest BCUT2D eigenvalue weighted by Crippen LogP contribution is -2.55. The number of carbonyl (C=O) groups is 7. The van der Waals surface area contributed by atoms with E-state index >= 15 is 0 Å². The first-order valence-corrected chi connectivity index (χ1v) is 14.9. The second kappa shape index (κ2) is 14.1. The standard InChI is InChI=1S/C27H41N7O9/c28-16(15-35)24(39)32-10-1-5-17(32)23(38)30-13-21(36)29-14-22(37)31-9-2-6-18(31)25(40)33-11-3-7-19(33)26(41)34-12-4-8-20(34)27(42)43/h16-20,35H,1-15,28H2,(H,29,36)(H,30,38)(H,42,43)/t16-,17-,18-,19-,20-/m0/s1. The van der Waals surface area contributed by atoms with E-state index in [9.17, 15) is 38.7 Å². The second-order valence-electron chi connectivity index (χ2n) is 11.4. The average Bonchev–Trinajstić information content (AvgIpc) is 3.82. The molecule has 5 atom stereocenters. The molecule has 4 aliphatic heterocycles. The summed E-state index contributed by atoms with van der Waals surface area (Å²) in [6.07, 6.45) is 3.93. The van der Waals surface area contributed by atoms with Gasteiger partial charge in [-0.1, -0.05) is 0 Å². The Balaban J connectivity index is 1.26. The zero-order valence-electron chi connectivity index (χ0n) is 24.1. The molecule has 0 bridgehead atoms. The van der Waals surface area contributed by atoms with Crippen LogP contribution in [0, 0.1) is 0 Å². The van der Waals surface area contributed by atoms with Gasteiger partial charge >= 0.3 is 5.97 Å². The lowest BCUT2D eigenvalue weighted by atomic mass is 10.1. The minimum Gasteiger partial charge on any atom is -0.480 e. The van der Waals surface area contributed by atoms with E-state index in [-0.39, 0.29) is 11.8 Å². The first-order chi connectivity index (χ1) is 20.5. The summed E-state index contributed by atoms with van der Waals surface area (Å²) < 4.78 is 0. The second-order valence-corrected chi connectivity index (χ2v) is 11.4. The van der Waals surface area contributed by atoms with Crippen LogP contribution in [0.3, 0.4) is 0 Å². The van der Waals surface area contributed by atoms with Crippen LogP contribution in [0.4, 0.5) is 0 Å². The number of hydrogen-bond acceptors (Lipinski definition) is 9. The highest BCUT2D eigenvalue weighted by atomic mass is 16.4. The van der Waals surface area contributed by atoms with Gasteiger partial charge in [-0.3, -0.25) is 28.8 Å². The van der Waals surface area contributed by atoms with Crippen molar-refractivity contribution >= 4 is 41.4 Å². The molecule has 0 aromatic rings. The van der Waals surface area contributed by atoms with Gasteiger partial charge in [-0.15, -0.1) is 0 Å². The summed E-state index contributed by atoms with van der Waals surface area (Å²) in [7, 11) is 0. The number of carboxylic acid groups (broad SMARTS) is 1. The van der Waals surface area contributed by atoms with Crippen molar-refractivity contribution in [2.75, 3.05) is 45.9 Å². The molecule has 4 saturated heterocycles. The maximum atomic E-state index is 13.5. The maximum Gasteiger partial charge on any atom is 0.326 e. The van der Waals surface area contributed by atoms with Gasteiger partial charge in [-0.25, -0.2) is 4.79 Å². The Bertz CT molecular complexity index is 1130. The normalized spacial score (nSPS) is 26.0. The van der Waals surface area contributed by atoms with E-state index < -0.39 is 79.5 Å². The highest BCUT2D eigenvalue weighted by Crippen LogP contribution is 2.28. The fraction of sp³-hybridized carbons (Fsp3) is 0.741. The van der Waals surface area contributed by atoms with Crippen LogP contribution in [-0.4, -0.2) is 147 Å². The Labute approximate surface area is 248 Å². The zero-order valence-corrected chi connectivity index (χ0v) is 24.1. The summed E-state index contributed by atoms with van der Waals surface area (Å²) in [5.41, 5.74) is 5.59. The molecular weight excluding hydrogens is 566 g/mol. The number of amides is 6. The van der Waals surface area contributed by atoms with Crippen molar-refractivity contribution in [3.8, 4) is 0 Å². The number of nitrogens with two attached hydrogens (primary N) is 1. The number of carboxylic acids is 1. The lowest BCUT2D eigenvalue weighted by molar-refractivity contribution is -0.153. The third-order valence-corrected chi connectivity index (χ3v) is 8.71. The van der Waals surface area contributed by atoms with Crippen LogP contribution in [0.15, 0.2) is 0 Å². The monoisotopic (exact) mass is 607 g/mol. The first-order valence-electron chi connectivity index (χ1n) is 14.9. The SMILES string of the molecule is N[C@@H](CO)C(=O)N1CCC[C@H]1C(=O)NCC(=O)NCC(=O)N1CCC[C@H]1C(=O)N1CCC[C@H]1C(=O)N1CCC[C@H]1C(=O)O. The van der Waals surface area contributed by atoms with Gasteiger partial charge in [0.25, 0.3) is 0 Å². The van der Waals surface area contributed by atoms with E-state index in [0.29, 0.717) is 77.5 Å². The molecule has 0 unspecified atom stereocenters. The van der Waals surface area contributed by atoms with E-state index in [1.807, 2.05) is 0 Å². The van der Waals surface area contributed by atoms with E-state index in [2.05, 4.69) is 10.6 Å². The summed E-state index contributed by atoms with van der Waals surface area (Å²) in [6.45, 7) is -0.0778. The van der Waals surface area contributed by atoms with E-state index in [0.717, 1.165) is 0 Å².